The van der Waals surface area contributed by atoms with Gasteiger partial charge in [-0.1, -0.05) is 12.1 Å². The van der Waals surface area contributed by atoms with E-state index in [4.69, 9.17) is 14.2 Å². The predicted octanol–water partition coefficient (Wildman–Crippen LogP) is 1.91. The van der Waals surface area contributed by atoms with Crippen molar-refractivity contribution in [2.75, 3.05) is 33.5 Å². The molecule has 1 radical (unpaired) electrons. The molecule has 15 heavy (non-hydrogen) atoms. The van der Waals surface area contributed by atoms with E-state index in [9.17, 15) is 0 Å². The molecule has 0 aliphatic heterocycles. The monoisotopic (exact) mass is 209 g/mol. The third-order valence-corrected chi connectivity index (χ3v) is 1.83. The summed E-state index contributed by atoms with van der Waals surface area (Å²) in [6, 6.07) is 7.66. The summed E-state index contributed by atoms with van der Waals surface area (Å²) in [5, 5.41) is 0. The van der Waals surface area contributed by atoms with Gasteiger partial charge in [-0.15, -0.1) is 0 Å². The van der Waals surface area contributed by atoms with E-state index in [1.54, 1.807) is 7.11 Å². The topological polar surface area (TPSA) is 27.7 Å². The lowest BCUT2D eigenvalue weighted by atomic mass is 10.2. The Morgan fingerprint density at radius 3 is 2.67 bits per heavy atom. The number of benzene rings is 1. The first-order chi connectivity index (χ1) is 7.33. The first-order valence-electron chi connectivity index (χ1n) is 4.94. The lowest BCUT2D eigenvalue weighted by molar-refractivity contribution is 0.0544. The van der Waals surface area contributed by atoms with E-state index in [2.05, 4.69) is 6.92 Å². The summed E-state index contributed by atoms with van der Waals surface area (Å²) in [6.07, 6.45) is 0. The van der Waals surface area contributed by atoms with Gasteiger partial charge in [0.15, 0.2) is 0 Å². The van der Waals surface area contributed by atoms with Crippen LogP contribution in [-0.2, 0) is 9.47 Å². The molecule has 1 aromatic rings. The van der Waals surface area contributed by atoms with Crippen molar-refractivity contribution in [3.8, 4) is 5.75 Å². The predicted molar refractivity (Wildman–Crippen MR) is 59.1 cm³/mol. The van der Waals surface area contributed by atoms with Crippen LogP contribution in [0.3, 0.4) is 0 Å². The molecule has 0 heterocycles. The zero-order valence-corrected chi connectivity index (χ0v) is 9.07. The van der Waals surface area contributed by atoms with Gasteiger partial charge in [-0.25, -0.2) is 0 Å². The minimum atomic E-state index is 0.549. The van der Waals surface area contributed by atoms with E-state index in [1.807, 2.05) is 24.3 Å². The van der Waals surface area contributed by atoms with Crippen LogP contribution in [0.1, 0.15) is 5.56 Å². The molecule has 0 aliphatic carbocycles. The van der Waals surface area contributed by atoms with Crippen molar-refractivity contribution in [2.24, 2.45) is 0 Å². The summed E-state index contributed by atoms with van der Waals surface area (Å²) in [6.45, 7) is 6.17. The third kappa shape index (κ3) is 5.40. The molecule has 0 fully saturated rings. The second-order valence-electron chi connectivity index (χ2n) is 3.10. The Bertz CT molecular complexity index is 273. The highest BCUT2D eigenvalue weighted by Crippen LogP contribution is 2.11. The van der Waals surface area contributed by atoms with Crippen LogP contribution in [0.5, 0.6) is 5.75 Å². The van der Waals surface area contributed by atoms with Crippen LogP contribution in [-0.4, -0.2) is 33.5 Å². The highest BCUT2D eigenvalue weighted by atomic mass is 16.5. The van der Waals surface area contributed by atoms with Crippen LogP contribution in [0.15, 0.2) is 24.3 Å². The standard InChI is InChI=1S/C12H17O3/c1-11-4-3-5-12(10-11)15-9-8-14-7-6-13-2/h3-5,10H,1,6-9H2,2H3. The first-order valence-corrected chi connectivity index (χ1v) is 4.94. The van der Waals surface area contributed by atoms with E-state index >= 15 is 0 Å². The zero-order chi connectivity index (χ0) is 10.9. The Hall–Kier alpha value is -1.06. The Labute approximate surface area is 91.0 Å². The van der Waals surface area contributed by atoms with E-state index < -0.39 is 0 Å². The molecular formula is C12H17O3. The van der Waals surface area contributed by atoms with Gasteiger partial charge in [0.25, 0.3) is 0 Å². The van der Waals surface area contributed by atoms with Gasteiger partial charge in [-0.05, 0) is 24.6 Å². The van der Waals surface area contributed by atoms with Crippen LogP contribution >= 0.6 is 0 Å². The fourth-order valence-corrected chi connectivity index (χ4v) is 1.10. The van der Waals surface area contributed by atoms with Gasteiger partial charge in [0.2, 0.25) is 0 Å². The van der Waals surface area contributed by atoms with Gasteiger partial charge >= 0.3 is 0 Å². The summed E-state index contributed by atoms with van der Waals surface area (Å²) in [7, 11) is 1.65. The quantitative estimate of drug-likeness (QED) is 0.642. The zero-order valence-electron chi connectivity index (χ0n) is 9.07. The minimum absolute atomic E-state index is 0.549. The average molecular weight is 209 g/mol. The van der Waals surface area contributed by atoms with Crippen molar-refractivity contribution in [1.29, 1.82) is 0 Å². The van der Waals surface area contributed by atoms with Crippen molar-refractivity contribution < 1.29 is 14.2 Å². The van der Waals surface area contributed by atoms with Gasteiger partial charge in [0.05, 0.1) is 19.8 Å². The number of hydrogen-bond donors (Lipinski definition) is 0. The minimum Gasteiger partial charge on any atom is -0.491 e. The van der Waals surface area contributed by atoms with Gasteiger partial charge in [-0.3, -0.25) is 0 Å². The smallest absolute Gasteiger partial charge is 0.119 e. The Morgan fingerprint density at radius 1 is 1.13 bits per heavy atom. The molecule has 0 spiro atoms. The summed E-state index contributed by atoms with van der Waals surface area (Å²) in [4.78, 5) is 0. The SMILES string of the molecule is [CH2]c1cccc(OCCOCCOC)c1. The van der Waals surface area contributed by atoms with Gasteiger partial charge < -0.3 is 14.2 Å². The second-order valence-corrected chi connectivity index (χ2v) is 3.10. The molecule has 83 valence electrons. The highest BCUT2D eigenvalue weighted by Gasteiger charge is 1.93. The van der Waals surface area contributed by atoms with Gasteiger partial charge in [0.1, 0.15) is 12.4 Å². The fourth-order valence-electron chi connectivity index (χ4n) is 1.10. The van der Waals surface area contributed by atoms with Crippen LogP contribution in [0, 0.1) is 6.92 Å². The molecule has 0 saturated heterocycles. The Morgan fingerprint density at radius 2 is 1.93 bits per heavy atom. The van der Waals surface area contributed by atoms with Crippen molar-refractivity contribution in [3.05, 3.63) is 36.8 Å². The molecule has 0 aromatic heterocycles. The van der Waals surface area contributed by atoms with E-state index in [0.29, 0.717) is 26.4 Å². The Kier molecular flexibility index (Phi) is 5.81. The lowest BCUT2D eigenvalue weighted by Gasteiger charge is -2.07. The summed E-state index contributed by atoms with van der Waals surface area (Å²) in [5.41, 5.74) is 0.952. The number of ether oxygens (including phenoxy) is 3. The van der Waals surface area contributed by atoms with Crippen LogP contribution in [0.4, 0.5) is 0 Å². The van der Waals surface area contributed by atoms with Crippen molar-refractivity contribution in [3.63, 3.8) is 0 Å². The molecule has 0 amide bonds. The maximum Gasteiger partial charge on any atom is 0.119 e. The number of rotatable bonds is 7. The number of methoxy groups -OCH3 is 1. The number of hydrogen-bond acceptors (Lipinski definition) is 3. The van der Waals surface area contributed by atoms with E-state index in [1.165, 1.54) is 0 Å². The molecule has 3 nitrogen and oxygen atoms in total. The Balaban J connectivity index is 2.10. The molecule has 0 aliphatic rings. The first kappa shape index (κ1) is 12.0. The summed E-state index contributed by atoms with van der Waals surface area (Å²) < 4.78 is 15.6. The molecule has 0 atom stereocenters. The van der Waals surface area contributed by atoms with Gasteiger partial charge in [-0.2, -0.15) is 0 Å². The maximum absolute atomic E-state index is 5.46. The van der Waals surface area contributed by atoms with E-state index in [0.717, 1.165) is 11.3 Å². The normalized spacial score (nSPS) is 10.3. The largest absolute Gasteiger partial charge is 0.491 e. The average Bonchev–Trinajstić information content (AvgIpc) is 2.23. The van der Waals surface area contributed by atoms with Crippen molar-refractivity contribution in [1.82, 2.24) is 0 Å². The van der Waals surface area contributed by atoms with Crippen LogP contribution in [0.25, 0.3) is 0 Å². The molecule has 0 saturated carbocycles. The van der Waals surface area contributed by atoms with Gasteiger partial charge in [0, 0.05) is 7.11 Å². The highest BCUT2D eigenvalue weighted by molar-refractivity contribution is 5.29. The van der Waals surface area contributed by atoms with E-state index in [-0.39, 0.29) is 0 Å². The molecule has 0 N–H and O–H groups in total. The third-order valence-electron chi connectivity index (χ3n) is 1.83. The van der Waals surface area contributed by atoms with Crippen molar-refractivity contribution in [2.45, 2.75) is 0 Å². The second kappa shape index (κ2) is 7.26. The molecule has 1 aromatic carbocycles. The lowest BCUT2D eigenvalue weighted by Crippen LogP contribution is -2.09. The summed E-state index contributed by atoms with van der Waals surface area (Å²) in [5.74, 6) is 0.831. The fraction of sp³-hybridized carbons (Fsp3) is 0.417. The molecule has 0 bridgehead atoms. The molecule has 3 heteroatoms. The molecule has 0 unspecified atom stereocenters. The van der Waals surface area contributed by atoms with Crippen LogP contribution < -0.4 is 4.74 Å². The molecule has 1 rings (SSSR count). The maximum atomic E-state index is 5.46. The molecular weight excluding hydrogens is 192 g/mol. The van der Waals surface area contributed by atoms with Crippen LogP contribution in [0.2, 0.25) is 0 Å². The van der Waals surface area contributed by atoms with Crippen molar-refractivity contribution >= 4 is 0 Å². The summed E-state index contributed by atoms with van der Waals surface area (Å²) >= 11 is 0.